The van der Waals surface area contributed by atoms with Crippen LogP contribution in [0.1, 0.15) is 5.56 Å². The summed E-state index contributed by atoms with van der Waals surface area (Å²) in [6, 6.07) is 23.0. The van der Waals surface area contributed by atoms with E-state index in [-0.39, 0.29) is 0 Å². The first kappa shape index (κ1) is 19.3. The van der Waals surface area contributed by atoms with Gasteiger partial charge >= 0.3 is 0 Å². The van der Waals surface area contributed by atoms with Crippen molar-refractivity contribution in [3.63, 3.8) is 0 Å². The topological polar surface area (TPSA) is 30.7 Å². The summed E-state index contributed by atoms with van der Waals surface area (Å²) < 4.78 is 2.01. The molecule has 4 aromatic rings. The van der Waals surface area contributed by atoms with E-state index in [1.807, 2.05) is 77.4 Å². The molecule has 3 nitrogen and oxygen atoms in total. The molecule has 0 spiro atoms. The Morgan fingerprint density at radius 2 is 1.39 bits per heavy atom. The molecule has 0 saturated carbocycles. The molecule has 1 heterocycles. The van der Waals surface area contributed by atoms with Gasteiger partial charge in [0.05, 0.1) is 0 Å². The zero-order chi connectivity index (χ0) is 19.5. The number of nitrogens with zero attached hydrogens (tertiary/aromatic N) is 3. The van der Waals surface area contributed by atoms with Gasteiger partial charge in [0.1, 0.15) is 0 Å². The average molecular weight is 447 g/mol. The van der Waals surface area contributed by atoms with E-state index in [1.54, 1.807) is 11.8 Å². The van der Waals surface area contributed by atoms with E-state index < -0.39 is 0 Å². The van der Waals surface area contributed by atoms with Gasteiger partial charge in [-0.2, -0.15) is 0 Å². The van der Waals surface area contributed by atoms with Gasteiger partial charge in [-0.1, -0.05) is 64.8 Å². The van der Waals surface area contributed by atoms with Crippen LogP contribution in [0.4, 0.5) is 0 Å². The second-order valence-corrected chi connectivity index (χ2v) is 8.23. The molecule has 0 aliphatic heterocycles. The van der Waals surface area contributed by atoms with Gasteiger partial charge in [0.2, 0.25) is 0 Å². The molecule has 0 radical (unpaired) electrons. The lowest BCUT2D eigenvalue weighted by Crippen LogP contribution is -1.99. The number of benzene rings is 3. The number of hydrogen-bond donors (Lipinski definition) is 0. The Bertz CT molecular complexity index is 1090. The predicted octanol–water partition coefficient (Wildman–Crippen LogP) is 7.19. The molecule has 4 rings (SSSR count). The molecule has 0 aliphatic carbocycles. The Balaban J connectivity index is 1.74. The van der Waals surface area contributed by atoms with Crippen molar-refractivity contribution in [3.8, 4) is 17.1 Å². The largest absolute Gasteiger partial charge is 0.270 e. The molecule has 3 aromatic carbocycles. The fourth-order valence-electron chi connectivity index (χ4n) is 2.73. The third-order valence-electron chi connectivity index (χ3n) is 4.14. The van der Waals surface area contributed by atoms with Gasteiger partial charge in [-0.05, 0) is 60.2 Å². The van der Waals surface area contributed by atoms with Gasteiger partial charge in [-0.3, -0.25) is 4.57 Å². The van der Waals surface area contributed by atoms with Gasteiger partial charge < -0.3 is 0 Å². The summed E-state index contributed by atoms with van der Waals surface area (Å²) in [6.07, 6.45) is 0. The van der Waals surface area contributed by atoms with Crippen molar-refractivity contribution >= 4 is 46.6 Å². The minimum Gasteiger partial charge on any atom is -0.270 e. The molecule has 140 valence electrons. The molecule has 1 aromatic heterocycles. The number of halogens is 3. The van der Waals surface area contributed by atoms with Crippen LogP contribution in [0.3, 0.4) is 0 Å². The lowest BCUT2D eigenvalue weighted by atomic mass is 10.2. The van der Waals surface area contributed by atoms with Crippen LogP contribution in [0.15, 0.2) is 78.0 Å². The van der Waals surface area contributed by atoms with Crippen LogP contribution < -0.4 is 0 Å². The molecular formula is C21H14Cl3N3S. The minimum atomic E-state index is 0.676. The molecule has 0 fully saturated rings. The fourth-order valence-corrected chi connectivity index (χ4v) is 4.22. The maximum absolute atomic E-state index is 6.30. The van der Waals surface area contributed by atoms with Crippen LogP contribution in [0.2, 0.25) is 15.1 Å². The van der Waals surface area contributed by atoms with Gasteiger partial charge in [0.15, 0.2) is 11.0 Å². The van der Waals surface area contributed by atoms with Gasteiger partial charge in [-0.25, -0.2) is 0 Å². The Kier molecular flexibility index (Phi) is 5.93. The van der Waals surface area contributed by atoms with E-state index in [0.717, 1.165) is 32.8 Å². The summed E-state index contributed by atoms with van der Waals surface area (Å²) in [6.45, 7) is 0. The van der Waals surface area contributed by atoms with Gasteiger partial charge in [0, 0.05) is 32.1 Å². The first-order valence-electron chi connectivity index (χ1n) is 8.45. The highest BCUT2D eigenvalue weighted by Crippen LogP contribution is 2.32. The summed E-state index contributed by atoms with van der Waals surface area (Å²) in [5.41, 5.74) is 2.91. The van der Waals surface area contributed by atoms with E-state index in [2.05, 4.69) is 10.2 Å². The Morgan fingerprint density at radius 3 is 2.07 bits per heavy atom. The molecule has 0 N–H and O–H groups in total. The summed E-state index contributed by atoms with van der Waals surface area (Å²) in [5, 5.41) is 11.7. The monoisotopic (exact) mass is 445 g/mol. The van der Waals surface area contributed by atoms with Crippen molar-refractivity contribution in [2.75, 3.05) is 0 Å². The first-order chi connectivity index (χ1) is 13.6. The minimum absolute atomic E-state index is 0.676. The Morgan fingerprint density at radius 1 is 0.750 bits per heavy atom. The highest BCUT2D eigenvalue weighted by Gasteiger charge is 2.16. The van der Waals surface area contributed by atoms with Gasteiger partial charge in [0.25, 0.3) is 0 Å². The van der Waals surface area contributed by atoms with E-state index in [4.69, 9.17) is 34.8 Å². The lowest BCUT2D eigenvalue weighted by molar-refractivity contribution is 0.886. The molecule has 0 saturated heterocycles. The average Bonchev–Trinajstić information content (AvgIpc) is 3.12. The number of hydrogen-bond acceptors (Lipinski definition) is 3. The lowest BCUT2D eigenvalue weighted by Gasteiger charge is -2.11. The van der Waals surface area contributed by atoms with E-state index in [9.17, 15) is 0 Å². The summed E-state index contributed by atoms with van der Waals surface area (Å²) in [7, 11) is 0. The van der Waals surface area contributed by atoms with Crippen molar-refractivity contribution in [2.45, 2.75) is 10.9 Å². The first-order valence-corrected chi connectivity index (χ1v) is 10.6. The highest BCUT2D eigenvalue weighted by molar-refractivity contribution is 7.98. The molecule has 0 aliphatic rings. The number of thioether (sulfide) groups is 1. The van der Waals surface area contributed by atoms with E-state index >= 15 is 0 Å². The second-order valence-electron chi connectivity index (χ2n) is 6.00. The van der Waals surface area contributed by atoms with Crippen LogP contribution in [-0.2, 0) is 5.75 Å². The van der Waals surface area contributed by atoms with E-state index in [0.29, 0.717) is 15.8 Å². The van der Waals surface area contributed by atoms with Crippen LogP contribution in [0.25, 0.3) is 17.1 Å². The summed E-state index contributed by atoms with van der Waals surface area (Å²) in [4.78, 5) is 0. The second kappa shape index (κ2) is 8.58. The fraction of sp³-hybridized carbons (Fsp3) is 0.0476. The molecule has 0 amide bonds. The van der Waals surface area contributed by atoms with Crippen molar-refractivity contribution in [1.82, 2.24) is 14.8 Å². The quantitative estimate of drug-likeness (QED) is 0.304. The molecule has 0 atom stereocenters. The Labute approximate surface area is 182 Å². The smallest absolute Gasteiger partial charge is 0.196 e. The predicted molar refractivity (Wildman–Crippen MR) is 118 cm³/mol. The molecule has 0 unspecified atom stereocenters. The standard InChI is InChI=1S/C21H14Cl3N3S/c22-16-7-5-14(6-8-16)20-25-26-21(27(20)18-11-9-17(23)10-12-18)28-13-15-3-1-2-4-19(15)24/h1-12H,13H2. The zero-order valence-electron chi connectivity index (χ0n) is 14.5. The zero-order valence-corrected chi connectivity index (χ0v) is 17.6. The number of aromatic nitrogens is 3. The SMILES string of the molecule is Clc1ccc(-c2nnc(SCc3ccccc3Cl)n2-c2ccc(Cl)cc2)cc1. The van der Waals surface area contributed by atoms with Crippen molar-refractivity contribution in [3.05, 3.63) is 93.4 Å². The van der Waals surface area contributed by atoms with Crippen LogP contribution in [0.5, 0.6) is 0 Å². The van der Waals surface area contributed by atoms with Crippen LogP contribution >= 0.6 is 46.6 Å². The molecule has 0 bridgehead atoms. The molecular weight excluding hydrogens is 433 g/mol. The van der Waals surface area contributed by atoms with Crippen LogP contribution in [-0.4, -0.2) is 14.8 Å². The maximum atomic E-state index is 6.30. The van der Waals surface area contributed by atoms with Gasteiger partial charge in [-0.15, -0.1) is 10.2 Å². The normalized spacial score (nSPS) is 11.0. The highest BCUT2D eigenvalue weighted by atomic mass is 35.5. The Hall–Kier alpha value is -1.98. The van der Waals surface area contributed by atoms with E-state index in [1.165, 1.54) is 0 Å². The summed E-state index contributed by atoms with van der Waals surface area (Å²) in [5.74, 6) is 1.42. The van der Waals surface area contributed by atoms with Crippen LogP contribution in [0, 0.1) is 0 Å². The van der Waals surface area contributed by atoms with Crippen molar-refractivity contribution in [1.29, 1.82) is 0 Å². The third kappa shape index (κ3) is 4.20. The molecule has 28 heavy (non-hydrogen) atoms. The third-order valence-corrected chi connectivity index (χ3v) is 5.99. The number of rotatable bonds is 5. The van der Waals surface area contributed by atoms with Crippen molar-refractivity contribution in [2.24, 2.45) is 0 Å². The van der Waals surface area contributed by atoms with Crippen molar-refractivity contribution < 1.29 is 0 Å². The molecule has 7 heteroatoms. The maximum Gasteiger partial charge on any atom is 0.196 e. The summed E-state index contributed by atoms with van der Waals surface area (Å²) >= 11 is 20.0.